The first-order valence-electron chi connectivity index (χ1n) is 6.61. The second-order valence-corrected chi connectivity index (χ2v) is 4.72. The van der Waals surface area contributed by atoms with Crippen LogP contribution in [0, 0.1) is 0 Å². The third kappa shape index (κ3) is 2.22. The van der Waals surface area contributed by atoms with E-state index < -0.39 is 0 Å². The van der Waals surface area contributed by atoms with E-state index in [9.17, 15) is 4.79 Å². The van der Waals surface area contributed by atoms with Gasteiger partial charge in [0.05, 0.1) is 0 Å². The molecule has 0 saturated carbocycles. The minimum absolute atomic E-state index is 0.0908. The molecule has 2 aromatic rings. The molecule has 20 heavy (non-hydrogen) atoms. The first-order valence-corrected chi connectivity index (χ1v) is 6.61. The molecule has 1 aliphatic rings. The summed E-state index contributed by atoms with van der Waals surface area (Å²) in [6.07, 6.45) is 3.11. The summed E-state index contributed by atoms with van der Waals surface area (Å²) in [5.74, 6) is 0.960. The quantitative estimate of drug-likeness (QED) is 0.803. The summed E-state index contributed by atoms with van der Waals surface area (Å²) in [5, 5.41) is 4.00. The van der Waals surface area contributed by atoms with Crippen LogP contribution in [0.3, 0.4) is 0 Å². The molecule has 0 aliphatic carbocycles. The van der Waals surface area contributed by atoms with Crippen LogP contribution >= 0.6 is 0 Å². The number of nitrogens with zero attached hydrogens (tertiary/aromatic N) is 3. The van der Waals surface area contributed by atoms with Gasteiger partial charge < -0.3 is 9.42 Å². The Labute approximate surface area is 116 Å². The van der Waals surface area contributed by atoms with Crippen LogP contribution in [0.25, 0.3) is 11.4 Å². The minimum Gasteiger partial charge on any atom is -0.337 e. The van der Waals surface area contributed by atoms with Crippen LogP contribution < -0.4 is 0 Å². The minimum atomic E-state index is -0.134. The first kappa shape index (κ1) is 12.6. The lowest BCUT2D eigenvalue weighted by atomic mass is 10.2. The lowest BCUT2D eigenvalue weighted by Crippen LogP contribution is -2.28. The molecule has 1 aliphatic heterocycles. The summed E-state index contributed by atoms with van der Waals surface area (Å²) in [4.78, 5) is 17.9. The molecule has 1 unspecified atom stereocenters. The maximum Gasteiger partial charge on any atom is 0.249 e. The molecule has 5 nitrogen and oxygen atoms in total. The molecule has 2 heterocycles. The van der Waals surface area contributed by atoms with Gasteiger partial charge in [-0.1, -0.05) is 42.1 Å². The highest BCUT2D eigenvalue weighted by Gasteiger charge is 2.32. The Morgan fingerprint density at radius 3 is 2.95 bits per heavy atom. The highest BCUT2D eigenvalue weighted by Crippen LogP contribution is 2.32. The first-order chi connectivity index (χ1) is 9.79. The molecule has 102 valence electrons. The van der Waals surface area contributed by atoms with Gasteiger partial charge in [-0.05, 0) is 18.9 Å². The summed E-state index contributed by atoms with van der Waals surface area (Å²) < 4.78 is 5.34. The van der Waals surface area contributed by atoms with Gasteiger partial charge in [-0.2, -0.15) is 4.98 Å². The maximum atomic E-state index is 11.8. The molecule has 1 atom stereocenters. The zero-order valence-corrected chi connectivity index (χ0v) is 11.0. The molecule has 0 spiro atoms. The Balaban J connectivity index is 1.87. The third-order valence-corrected chi connectivity index (χ3v) is 3.47. The highest BCUT2D eigenvalue weighted by molar-refractivity contribution is 5.87. The molecule has 0 N–H and O–H groups in total. The van der Waals surface area contributed by atoms with Crippen LogP contribution in [0.5, 0.6) is 0 Å². The van der Waals surface area contributed by atoms with Gasteiger partial charge in [-0.15, -0.1) is 0 Å². The van der Waals surface area contributed by atoms with Crippen molar-refractivity contribution < 1.29 is 9.32 Å². The molecule has 1 aromatic heterocycles. The van der Waals surface area contributed by atoms with E-state index in [0.717, 1.165) is 18.4 Å². The molecule has 1 fully saturated rings. The average Bonchev–Trinajstić information content (AvgIpc) is 3.15. The van der Waals surface area contributed by atoms with Crippen LogP contribution in [0.2, 0.25) is 0 Å². The van der Waals surface area contributed by atoms with Gasteiger partial charge in [0.15, 0.2) is 0 Å². The Bertz CT molecular complexity index is 621. The number of amides is 1. The van der Waals surface area contributed by atoms with Crippen molar-refractivity contribution in [3.63, 3.8) is 0 Å². The van der Waals surface area contributed by atoms with Crippen LogP contribution in [0.4, 0.5) is 0 Å². The van der Waals surface area contributed by atoms with Gasteiger partial charge in [0.2, 0.25) is 17.6 Å². The number of rotatable bonds is 3. The zero-order valence-electron chi connectivity index (χ0n) is 11.0. The molecule has 1 saturated heterocycles. The summed E-state index contributed by atoms with van der Waals surface area (Å²) in [6.45, 7) is 4.24. The number of carbonyl (C=O) groups is 1. The third-order valence-electron chi connectivity index (χ3n) is 3.47. The molecule has 5 heteroatoms. The normalized spacial score (nSPS) is 18.2. The van der Waals surface area contributed by atoms with Crippen molar-refractivity contribution in [1.29, 1.82) is 0 Å². The molecule has 0 radical (unpaired) electrons. The fourth-order valence-corrected chi connectivity index (χ4v) is 2.48. The van der Waals surface area contributed by atoms with Crippen molar-refractivity contribution in [3.8, 4) is 11.4 Å². The lowest BCUT2D eigenvalue weighted by Gasteiger charge is -2.19. The summed E-state index contributed by atoms with van der Waals surface area (Å²) in [6, 6.07) is 9.51. The van der Waals surface area contributed by atoms with Gasteiger partial charge in [-0.25, -0.2) is 0 Å². The van der Waals surface area contributed by atoms with Crippen molar-refractivity contribution in [1.82, 2.24) is 15.0 Å². The van der Waals surface area contributed by atoms with Crippen molar-refractivity contribution in [2.45, 2.75) is 18.9 Å². The number of hydrogen-bond donors (Lipinski definition) is 0. The van der Waals surface area contributed by atoms with Gasteiger partial charge in [0.1, 0.15) is 6.04 Å². The number of benzene rings is 1. The second kappa shape index (κ2) is 5.28. The predicted octanol–water partition coefficient (Wildman–Crippen LogP) is 2.59. The van der Waals surface area contributed by atoms with E-state index in [2.05, 4.69) is 16.7 Å². The molecule has 1 amide bonds. The van der Waals surface area contributed by atoms with Gasteiger partial charge in [0.25, 0.3) is 0 Å². The smallest absolute Gasteiger partial charge is 0.249 e. The topological polar surface area (TPSA) is 59.2 Å². The number of likely N-dealkylation sites (tertiary alicyclic amines) is 1. The van der Waals surface area contributed by atoms with E-state index in [4.69, 9.17) is 4.52 Å². The Hall–Kier alpha value is -2.43. The molecule has 1 aromatic carbocycles. The van der Waals surface area contributed by atoms with E-state index in [1.807, 2.05) is 30.3 Å². The van der Waals surface area contributed by atoms with E-state index in [1.165, 1.54) is 6.08 Å². The fourth-order valence-electron chi connectivity index (χ4n) is 2.48. The predicted molar refractivity (Wildman–Crippen MR) is 73.6 cm³/mol. The largest absolute Gasteiger partial charge is 0.337 e. The molecule has 0 bridgehead atoms. The fraction of sp³-hybridized carbons (Fsp3) is 0.267. The van der Waals surface area contributed by atoms with Crippen molar-refractivity contribution in [3.05, 3.63) is 48.9 Å². The van der Waals surface area contributed by atoms with E-state index in [0.29, 0.717) is 18.3 Å². The van der Waals surface area contributed by atoms with Crippen LogP contribution in [0.1, 0.15) is 24.8 Å². The Kier molecular flexibility index (Phi) is 3.33. The van der Waals surface area contributed by atoms with Crippen molar-refractivity contribution in [2.75, 3.05) is 6.54 Å². The van der Waals surface area contributed by atoms with E-state index >= 15 is 0 Å². The summed E-state index contributed by atoms with van der Waals surface area (Å²) in [5.41, 5.74) is 0.905. The van der Waals surface area contributed by atoms with Crippen LogP contribution in [-0.4, -0.2) is 27.5 Å². The SMILES string of the molecule is C=CC(=O)N1CCCC1c1nc(-c2ccccc2)no1. The van der Waals surface area contributed by atoms with Gasteiger partial charge in [-0.3, -0.25) is 4.79 Å². The Morgan fingerprint density at radius 2 is 2.20 bits per heavy atom. The monoisotopic (exact) mass is 269 g/mol. The summed E-state index contributed by atoms with van der Waals surface area (Å²) >= 11 is 0. The van der Waals surface area contributed by atoms with Crippen molar-refractivity contribution >= 4 is 5.91 Å². The molecule has 3 rings (SSSR count). The van der Waals surface area contributed by atoms with Crippen LogP contribution in [0.15, 0.2) is 47.5 Å². The number of aromatic nitrogens is 2. The zero-order chi connectivity index (χ0) is 13.9. The van der Waals surface area contributed by atoms with Gasteiger partial charge >= 0.3 is 0 Å². The lowest BCUT2D eigenvalue weighted by molar-refractivity contribution is -0.127. The average molecular weight is 269 g/mol. The summed E-state index contributed by atoms with van der Waals surface area (Å²) in [7, 11) is 0. The number of carbonyl (C=O) groups excluding carboxylic acids is 1. The Morgan fingerprint density at radius 1 is 1.40 bits per heavy atom. The maximum absolute atomic E-state index is 11.8. The molecular formula is C15H15N3O2. The number of hydrogen-bond acceptors (Lipinski definition) is 4. The van der Waals surface area contributed by atoms with E-state index in [1.54, 1.807) is 4.90 Å². The highest BCUT2D eigenvalue weighted by atomic mass is 16.5. The van der Waals surface area contributed by atoms with E-state index in [-0.39, 0.29) is 11.9 Å². The molecular weight excluding hydrogens is 254 g/mol. The standard InChI is InChI=1S/C15H15N3O2/c1-2-13(19)18-10-6-9-12(18)15-16-14(17-20-15)11-7-4-3-5-8-11/h2-5,7-8,12H,1,6,9-10H2. The second-order valence-electron chi connectivity index (χ2n) is 4.72. The van der Waals surface area contributed by atoms with Gasteiger partial charge in [0, 0.05) is 12.1 Å². The van der Waals surface area contributed by atoms with Crippen LogP contribution in [-0.2, 0) is 4.79 Å². The van der Waals surface area contributed by atoms with Crippen molar-refractivity contribution in [2.24, 2.45) is 0 Å².